The van der Waals surface area contributed by atoms with Crippen molar-refractivity contribution in [1.82, 2.24) is 10.2 Å². The van der Waals surface area contributed by atoms with E-state index < -0.39 is 16.5 Å². The van der Waals surface area contributed by atoms with Gasteiger partial charge in [-0.15, -0.1) is 10.2 Å². The molecule has 0 spiro atoms. The van der Waals surface area contributed by atoms with E-state index in [-0.39, 0.29) is 5.56 Å². The molecule has 3 aromatic rings. The number of aromatic nitrogens is 2. The van der Waals surface area contributed by atoms with Crippen LogP contribution in [0.1, 0.15) is 29.0 Å². The molecule has 0 bridgehead atoms. The number of aryl methyl sites for hydroxylation is 1. The molecule has 0 saturated carbocycles. The Bertz CT molecular complexity index is 1040. The molecule has 9 heteroatoms. The first kappa shape index (κ1) is 19.9. The lowest BCUT2D eigenvalue weighted by Crippen LogP contribution is -2.38. The molecule has 150 valence electrons. The Balaban J connectivity index is 1.88. The highest BCUT2D eigenvalue weighted by molar-refractivity contribution is 8.15. The largest absolute Gasteiger partial charge is 0.330 e. The molecule has 1 aliphatic rings. The third kappa shape index (κ3) is 3.77. The highest BCUT2D eigenvalue weighted by atomic mass is 32.2. The SMILES string of the molecule is Cc1nnc(N2N=C(c3cc(F)ccc3F)SC2(CCCN)c2ccccc2)s1. The number of halogens is 2. The molecular weight excluding hydrogens is 412 g/mol. The summed E-state index contributed by atoms with van der Waals surface area (Å²) in [6, 6.07) is 13.2. The number of nitrogens with two attached hydrogens (primary N) is 1. The zero-order valence-electron chi connectivity index (χ0n) is 15.7. The van der Waals surface area contributed by atoms with Crippen LogP contribution in [0, 0.1) is 18.6 Å². The van der Waals surface area contributed by atoms with E-state index >= 15 is 0 Å². The molecule has 1 aliphatic heterocycles. The molecule has 1 atom stereocenters. The van der Waals surface area contributed by atoms with Gasteiger partial charge in [-0.1, -0.05) is 53.4 Å². The van der Waals surface area contributed by atoms with Gasteiger partial charge in [-0.25, -0.2) is 13.8 Å². The molecule has 1 aromatic heterocycles. The minimum Gasteiger partial charge on any atom is -0.330 e. The van der Waals surface area contributed by atoms with Gasteiger partial charge in [0.2, 0.25) is 5.13 Å². The maximum absolute atomic E-state index is 14.5. The molecule has 2 heterocycles. The van der Waals surface area contributed by atoms with Gasteiger partial charge in [-0.3, -0.25) is 0 Å². The number of rotatable bonds is 6. The number of benzene rings is 2. The number of nitrogens with zero attached hydrogens (tertiary/aromatic N) is 4. The summed E-state index contributed by atoms with van der Waals surface area (Å²) < 4.78 is 28.4. The summed E-state index contributed by atoms with van der Waals surface area (Å²) in [6.07, 6.45) is 1.38. The average Bonchev–Trinajstić information content (AvgIpc) is 3.33. The monoisotopic (exact) mass is 431 g/mol. The number of thioether (sulfide) groups is 1. The van der Waals surface area contributed by atoms with Crippen LogP contribution in [-0.4, -0.2) is 21.8 Å². The first-order valence-electron chi connectivity index (χ1n) is 9.12. The van der Waals surface area contributed by atoms with Crippen molar-refractivity contribution < 1.29 is 8.78 Å². The van der Waals surface area contributed by atoms with Gasteiger partial charge in [-0.2, -0.15) is 5.10 Å². The topological polar surface area (TPSA) is 67.4 Å². The Morgan fingerprint density at radius 1 is 1.10 bits per heavy atom. The van der Waals surface area contributed by atoms with Crippen LogP contribution in [0.15, 0.2) is 53.6 Å². The lowest BCUT2D eigenvalue weighted by atomic mass is 10.0. The maximum atomic E-state index is 14.5. The molecule has 5 nitrogen and oxygen atoms in total. The Hall–Kier alpha value is -2.36. The first-order chi connectivity index (χ1) is 14.0. The van der Waals surface area contributed by atoms with Crippen LogP contribution in [0.4, 0.5) is 13.9 Å². The van der Waals surface area contributed by atoms with Crippen LogP contribution in [0.2, 0.25) is 0 Å². The molecule has 0 saturated heterocycles. The summed E-state index contributed by atoms with van der Waals surface area (Å²) in [5, 5.41) is 16.7. The van der Waals surface area contributed by atoms with Crippen LogP contribution < -0.4 is 10.7 Å². The lowest BCUT2D eigenvalue weighted by molar-refractivity contribution is 0.525. The summed E-state index contributed by atoms with van der Waals surface area (Å²) in [7, 11) is 0. The molecule has 0 amide bonds. The van der Waals surface area contributed by atoms with Crippen LogP contribution in [-0.2, 0) is 4.87 Å². The quantitative estimate of drug-likeness (QED) is 0.616. The van der Waals surface area contributed by atoms with Crippen LogP contribution in [0.3, 0.4) is 0 Å². The number of hydrogen-bond donors (Lipinski definition) is 1. The van der Waals surface area contributed by atoms with E-state index in [9.17, 15) is 8.78 Å². The Morgan fingerprint density at radius 3 is 2.59 bits per heavy atom. The number of hydrazone groups is 1. The van der Waals surface area contributed by atoms with Crippen molar-refractivity contribution in [2.24, 2.45) is 10.8 Å². The van der Waals surface area contributed by atoms with Crippen LogP contribution in [0.5, 0.6) is 0 Å². The summed E-state index contributed by atoms with van der Waals surface area (Å²) in [5.41, 5.74) is 6.94. The average molecular weight is 432 g/mol. The zero-order chi connectivity index (χ0) is 20.4. The lowest BCUT2D eigenvalue weighted by Gasteiger charge is -2.35. The Labute approximate surface area is 175 Å². The predicted molar refractivity (Wildman–Crippen MR) is 114 cm³/mol. The van der Waals surface area contributed by atoms with Crippen molar-refractivity contribution >= 4 is 33.3 Å². The molecule has 2 N–H and O–H groups in total. The van der Waals surface area contributed by atoms with E-state index in [0.717, 1.165) is 29.1 Å². The van der Waals surface area contributed by atoms with Gasteiger partial charge in [0.25, 0.3) is 0 Å². The van der Waals surface area contributed by atoms with E-state index in [1.807, 2.05) is 37.3 Å². The van der Waals surface area contributed by atoms with E-state index in [4.69, 9.17) is 10.8 Å². The van der Waals surface area contributed by atoms with Crippen molar-refractivity contribution in [3.8, 4) is 0 Å². The molecule has 0 radical (unpaired) electrons. The molecule has 29 heavy (non-hydrogen) atoms. The predicted octanol–water partition coefficient (Wildman–Crippen LogP) is 4.63. The van der Waals surface area contributed by atoms with Gasteiger partial charge in [0.15, 0.2) is 0 Å². The van der Waals surface area contributed by atoms with Crippen molar-refractivity contribution in [2.75, 3.05) is 11.6 Å². The van der Waals surface area contributed by atoms with E-state index in [0.29, 0.717) is 23.1 Å². The van der Waals surface area contributed by atoms with E-state index in [1.54, 1.807) is 5.01 Å². The van der Waals surface area contributed by atoms with Crippen molar-refractivity contribution in [3.05, 3.63) is 76.3 Å². The van der Waals surface area contributed by atoms with Gasteiger partial charge in [-0.05, 0) is 50.1 Å². The van der Waals surface area contributed by atoms with Crippen molar-refractivity contribution in [3.63, 3.8) is 0 Å². The number of anilines is 1. The molecule has 2 aromatic carbocycles. The molecular formula is C20H19F2N5S2. The molecule has 1 unspecified atom stereocenters. The van der Waals surface area contributed by atoms with Gasteiger partial charge >= 0.3 is 0 Å². The highest BCUT2D eigenvalue weighted by Gasteiger charge is 2.47. The second-order valence-corrected chi connectivity index (χ2v) is 9.02. The minimum absolute atomic E-state index is 0.131. The summed E-state index contributed by atoms with van der Waals surface area (Å²) in [5.74, 6) is -1.03. The summed E-state index contributed by atoms with van der Waals surface area (Å²) >= 11 is 2.80. The minimum atomic E-state index is -0.680. The van der Waals surface area contributed by atoms with Gasteiger partial charge < -0.3 is 5.73 Å². The van der Waals surface area contributed by atoms with Gasteiger partial charge in [0.1, 0.15) is 26.6 Å². The standard InChI is InChI=1S/C20H19F2N5S2/c1-13-24-25-19(28-13)27-20(10-5-11-23,14-6-3-2-4-7-14)29-18(26-27)16-12-15(21)8-9-17(16)22/h2-4,6-9,12H,5,10-11,23H2,1H3. The second-order valence-electron chi connectivity index (χ2n) is 6.59. The maximum Gasteiger partial charge on any atom is 0.230 e. The summed E-state index contributed by atoms with van der Waals surface area (Å²) in [4.78, 5) is -0.680. The fraction of sp³-hybridized carbons (Fsp3) is 0.250. The third-order valence-electron chi connectivity index (χ3n) is 4.60. The molecule has 0 aliphatic carbocycles. The Kier molecular flexibility index (Phi) is 5.62. The van der Waals surface area contributed by atoms with E-state index in [1.165, 1.54) is 29.2 Å². The fourth-order valence-corrected chi connectivity index (χ4v) is 5.45. The van der Waals surface area contributed by atoms with E-state index in [2.05, 4.69) is 10.2 Å². The normalized spacial score (nSPS) is 18.9. The van der Waals surface area contributed by atoms with Crippen LogP contribution >= 0.6 is 23.1 Å². The first-order valence-corrected chi connectivity index (χ1v) is 10.8. The van der Waals surface area contributed by atoms with Crippen molar-refractivity contribution in [2.45, 2.75) is 24.6 Å². The zero-order valence-corrected chi connectivity index (χ0v) is 17.3. The number of hydrogen-bond acceptors (Lipinski definition) is 7. The fourth-order valence-electron chi connectivity index (χ4n) is 3.26. The van der Waals surface area contributed by atoms with Gasteiger partial charge in [0, 0.05) is 5.56 Å². The highest BCUT2D eigenvalue weighted by Crippen LogP contribution is 2.52. The Morgan fingerprint density at radius 2 is 1.90 bits per heavy atom. The van der Waals surface area contributed by atoms with Crippen molar-refractivity contribution in [1.29, 1.82) is 0 Å². The van der Waals surface area contributed by atoms with Crippen LogP contribution in [0.25, 0.3) is 0 Å². The smallest absolute Gasteiger partial charge is 0.230 e. The van der Waals surface area contributed by atoms with Gasteiger partial charge in [0.05, 0.1) is 0 Å². The second kappa shape index (κ2) is 8.17. The summed E-state index contributed by atoms with van der Waals surface area (Å²) in [6.45, 7) is 2.37. The molecule has 0 fully saturated rings. The molecule has 4 rings (SSSR count). The third-order valence-corrected chi connectivity index (χ3v) is 6.86.